The zero-order chi connectivity index (χ0) is 19.5. The third kappa shape index (κ3) is 5.77. The van der Waals surface area contributed by atoms with Crippen molar-refractivity contribution in [1.29, 1.82) is 0 Å². The maximum Gasteiger partial charge on any atom is 0.162 e. The van der Waals surface area contributed by atoms with E-state index >= 15 is 0 Å². The molecule has 23 heavy (non-hydrogen) atoms. The first kappa shape index (κ1) is 30.2. The predicted molar refractivity (Wildman–Crippen MR) is 159 cm³/mol. The smallest absolute Gasteiger partial charge is 0.0704 e. The Balaban J connectivity index is 6.37. The lowest BCUT2D eigenvalue weighted by atomic mass is 10.1. The van der Waals surface area contributed by atoms with Crippen molar-refractivity contribution in [3.05, 3.63) is 0 Å². The summed E-state index contributed by atoms with van der Waals surface area (Å²) in [4.78, 5) is 0. The van der Waals surface area contributed by atoms with E-state index in [0.29, 0.717) is 0 Å². The third-order valence-corrected chi connectivity index (χ3v) is 31.6. The highest BCUT2D eigenvalue weighted by Gasteiger charge is 2.74. The van der Waals surface area contributed by atoms with Crippen molar-refractivity contribution in [2.24, 2.45) is 0 Å². The molecule has 0 spiro atoms. The Morgan fingerprint density at radius 3 is 0.783 bits per heavy atom. The quantitative estimate of drug-likeness (QED) is 0.241. The minimum absolute atomic E-state index is 0.543. The maximum absolute atomic E-state index is 3.79. The summed E-state index contributed by atoms with van der Waals surface area (Å²) in [6.07, 6.45) is 0. The van der Waals surface area contributed by atoms with E-state index < -0.39 is 21.5 Å². The fourth-order valence-corrected chi connectivity index (χ4v) is 13.3. The van der Waals surface area contributed by atoms with E-state index in [4.69, 9.17) is 0 Å². The Labute approximate surface area is 261 Å². The standard InChI is InChI=1S/C8H3Br15/c1-2(9,10)3(11,12)4(13,14)5(15,16)6(17,18)7(19,20)8(21,22)23/h1H3. The maximum atomic E-state index is 3.79. The molecule has 140 valence electrons. The van der Waals surface area contributed by atoms with Crippen LogP contribution >= 0.6 is 239 Å². The van der Waals surface area contributed by atoms with E-state index in [1.165, 1.54) is 0 Å². The summed E-state index contributed by atoms with van der Waals surface area (Å²) in [5, 5.41) is 0. The van der Waals surface area contributed by atoms with Crippen molar-refractivity contribution >= 4 is 239 Å². The van der Waals surface area contributed by atoms with E-state index in [0.717, 1.165) is 0 Å². The molecule has 0 aromatic heterocycles. The molecule has 0 fully saturated rings. The van der Waals surface area contributed by atoms with Gasteiger partial charge in [-0.2, -0.15) is 0 Å². The summed E-state index contributed by atoms with van der Waals surface area (Å²) >= 11 is 55.4. The van der Waals surface area contributed by atoms with Crippen LogP contribution in [0.4, 0.5) is 0 Å². The van der Waals surface area contributed by atoms with Gasteiger partial charge in [0.1, 0.15) is 19.4 Å². The van der Waals surface area contributed by atoms with E-state index in [1.54, 1.807) is 0 Å². The van der Waals surface area contributed by atoms with Crippen molar-refractivity contribution in [2.75, 3.05) is 0 Å². The summed E-state index contributed by atoms with van der Waals surface area (Å²) in [6, 6.07) is 0. The molecule has 0 nitrogen and oxygen atoms in total. The molecule has 0 heterocycles. The van der Waals surface area contributed by atoms with Gasteiger partial charge in [-0.25, -0.2) is 0 Å². The molecule has 0 aliphatic heterocycles. The lowest BCUT2D eigenvalue weighted by Gasteiger charge is -2.55. The molecule has 0 amide bonds. The summed E-state index contributed by atoms with van der Waals surface area (Å²) in [6.45, 7) is 1.95. The monoisotopic (exact) mass is 1280 g/mol. The fraction of sp³-hybridized carbons (Fsp3) is 1.00. The summed E-state index contributed by atoms with van der Waals surface area (Å²) in [5.41, 5.74) is 0. The summed E-state index contributed by atoms with van der Waals surface area (Å²) < 4.78 is -5.36. The van der Waals surface area contributed by atoms with Gasteiger partial charge >= 0.3 is 0 Å². The van der Waals surface area contributed by atoms with Gasteiger partial charge in [0.25, 0.3) is 0 Å². The highest BCUT2D eigenvalue weighted by molar-refractivity contribution is 9.42. The third-order valence-electron chi connectivity index (χ3n) is 2.48. The lowest BCUT2D eigenvalue weighted by Crippen LogP contribution is -2.65. The van der Waals surface area contributed by atoms with Crippen LogP contribution in [0.5, 0.6) is 0 Å². The van der Waals surface area contributed by atoms with Gasteiger partial charge in [-0.3, -0.25) is 0 Å². The van der Waals surface area contributed by atoms with Gasteiger partial charge in [-0.15, -0.1) is 0 Å². The largest absolute Gasteiger partial charge is 0.162 e. The topological polar surface area (TPSA) is 0 Å². The van der Waals surface area contributed by atoms with E-state index in [1.807, 2.05) is 6.92 Å². The van der Waals surface area contributed by atoms with Gasteiger partial charge in [0.15, 0.2) is 2.14 Å². The van der Waals surface area contributed by atoms with Gasteiger partial charge in [-0.1, -0.05) is 239 Å². The van der Waals surface area contributed by atoms with Crippen LogP contribution in [0, 0.1) is 0 Å². The molecular formula is C8H3Br15. The summed E-state index contributed by atoms with van der Waals surface area (Å²) in [5.74, 6) is 0. The van der Waals surface area contributed by atoms with Crippen LogP contribution in [0.3, 0.4) is 0 Å². The zero-order valence-corrected chi connectivity index (χ0v) is 34.0. The number of alkyl halides is 15. The van der Waals surface area contributed by atoms with Crippen LogP contribution in [0.25, 0.3) is 0 Å². The van der Waals surface area contributed by atoms with Gasteiger partial charge in [0.2, 0.25) is 0 Å². The van der Waals surface area contributed by atoms with Crippen molar-refractivity contribution in [2.45, 2.75) is 28.5 Å². The molecule has 0 aliphatic rings. The summed E-state index contributed by atoms with van der Waals surface area (Å²) in [7, 11) is 0. The van der Waals surface area contributed by atoms with Crippen LogP contribution in [-0.2, 0) is 0 Å². The predicted octanol–water partition coefficient (Wildman–Crippen LogP) is 11.8. The Morgan fingerprint density at radius 1 is 0.348 bits per heavy atom. The normalized spacial score (nSPS) is 16.7. The molecule has 0 bridgehead atoms. The molecule has 0 aliphatic carbocycles. The average Bonchev–Trinajstić information content (AvgIpc) is 2.24. The highest BCUT2D eigenvalue weighted by Crippen LogP contribution is 2.76. The second-order valence-electron chi connectivity index (χ2n) is 4.26. The van der Waals surface area contributed by atoms with Crippen molar-refractivity contribution < 1.29 is 0 Å². The Morgan fingerprint density at radius 2 is 0.565 bits per heavy atom. The number of rotatable bonds is 5. The first-order chi connectivity index (χ1) is 9.50. The number of halogens is 15. The van der Waals surface area contributed by atoms with Crippen LogP contribution in [0.15, 0.2) is 0 Å². The molecule has 15 heteroatoms. The van der Waals surface area contributed by atoms with Crippen molar-refractivity contribution in [3.63, 3.8) is 0 Å². The Hall–Kier alpha value is 7.20. The molecular weight excluding hydrogens is 1290 g/mol. The molecule has 0 rings (SSSR count). The molecule has 0 atom stereocenters. The molecule has 0 radical (unpaired) electrons. The average molecular weight is 1300 g/mol. The molecule has 0 unspecified atom stereocenters. The van der Waals surface area contributed by atoms with Gasteiger partial charge < -0.3 is 0 Å². The first-order valence-electron chi connectivity index (χ1n) is 4.83. The highest BCUT2D eigenvalue weighted by atomic mass is 80.0. The second-order valence-corrected chi connectivity index (χ2v) is 32.5. The Kier molecular flexibility index (Phi) is 12.6. The van der Waals surface area contributed by atoms with Crippen LogP contribution in [0.2, 0.25) is 0 Å². The molecule has 0 aromatic rings. The van der Waals surface area contributed by atoms with Crippen molar-refractivity contribution in [1.82, 2.24) is 0 Å². The van der Waals surface area contributed by atoms with Gasteiger partial charge in [0, 0.05) is 0 Å². The molecule has 0 N–H and O–H groups in total. The van der Waals surface area contributed by atoms with Crippen molar-refractivity contribution in [3.8, 4) is 0 Å². The number of hydrogen-bond acceptors (Lipinski definition) is 0. The van der Waals surface area contributed by atoms with Crippen LogP contribution < -0.4 is 0 Å². The fourth-order valence-electron chi connectivity index (χ4n) is 1.05. The molecule has 0 saturated carbocycles. The first-order valence-corrected chi connectivity index (χ1v) is 16.7. The van der Waals surface area contributed by atoms with E-state index in [9.17, 15) is 0 Å². The second kappa shape index (κ2) is 9.59. The lowest BCUT2D eigenvalue weighted by molar-refractivity contribution is 0.609. The van der Waals surface area contributed by atoms with Gasteiger partial charge in [0.05, 0.1) is 0 Å². The minimum atomic E-state index is -0.872. The molecule has 0 saturated heterocycles. The van der Waals surface area contributed by atoms with Gasteiger partial charge in [-0.05, 0) is 6.92 Å². The number of hydrogen-bond donors (Lipinski definition) is 0. The van der Waals surface area contributed by atoms with Crippen LogP contribution in [-0.4, -0.2) is 21.5 Å². The minimum Gasteiger partial charge on any atom is -0.0704 e. The Bertz CT molecular complexity index is 395. The van der Waals surface area contributed by atoms with Crippen LogP contribution in [0.1, 0.15) is 6.92 Å². The molecule has 0 aromatic carbocycles. The van der Waals surface area contributed by atoms with E-state index in [2.05, 4.69) is 239 Å². The zero-order valence-electron chi connectivity index (χ0n) is 10.2. The SMILES string of the molecule is CC(Br)(Br)C(Br)(Br)C(Br)(Br)C(Br)(Br)C(Br)(Br)C(Br)(Br)C(Br)(Br)Br. The van der Waals surface area contributed by atoms with E-state index in [-0.39, 0.29) is 0 Å².